The molecule has 2 aliphatic heterocycles. The molecule has 2 aliphatic rings. The molecule has 4 aromatic carbocycles. The summed E-state index contributed by atoms with van der Waals surface area (Å²) in [5.41, 5.74) is 8.92. The lowest BCUT2D eigenvalue weighted by atomic mass is 10.1. The van der Waals surface area contributed by atoms with Crippen molar-refractivity contribution in [1.29, 1.82) is 0 Å². The molecule has 8 aromatic rings. The molecule has 0 aliphatic carbocycles. The zero-order valence-electron chi connectivity index (χ0n) is 39.4. The van der Waals surface area contributed by atoms with Gasteiger partial charge >= 0.3 is 11.9 Å². The highest BCUT2D eigenvalue weighted by atomic mass is 16.5. The number of imidazole rings is 2. The second-order valence-corrected chi connectivity index (χ2v) is 17.5. The number of nitrogens with zero attached hydrogens (tertiary/aromatic N) is 8. The fourth-order valence-corrected chi connectivity index (χ4v) is 8.53. The van der Waals surface area contributed by atoms with Crippen molar-refractivity contribution in [3.05, 3.63) is 190 Å². The molecule has 0 radical (unpaired) electrons. The molecule has 1 unspecified atom stereocenters. The van der Waals surface area contributed by atoms with Crippen LogP contribution in [-0.2, 0) is 40.4 Å². The number of rotatable bonds is 15. The largest absolute Gasteiger partial charge is 0.475 e. The van der Waals surface area contributed by atoms with Crippen LogP contribution in [-0.4, -0.2) is 115 Å². The van der Waals surface area contributed by atoms with Gasteiger partial charge in [0.05, 0.1) is 46.1 Å². The maximum Gasteiger partial charge on any atom is 0.374 e. The first-order chi connectivity index (χ1) is 35.3. The van der Waals surface area contributed by atoms with E-state index in [1.807, 2.05) is 66.7 Å². The van der Waals surface area contributed by atoms with Gasteiger partial charge in [-0.1, -0.05) is 58.3 Å². The van der Waals surface area contributed by atoms with Crippen LogP contribution in [0, 0.1) is 23.7 Å². The Morgan fingerprint density at radius 3 is 1.62 bits per heavy atom. The van der Waals surface area contributed by atoms with E-state index >= 15 is 0 Å². The number of aromatic carboxylic acids is 1. The number of ether oxygens (including phenoxy) is 3. The van der Waals surface area contributed by atoms with E-state index < -0.39 is 11.9 Å². The molecule has 16 nitrogen and oxygen atoms in total. The van der Waals surface area contributed by atoms with Crippen molar-refractivity contribution in [3.8, 4) is 46.3 Å². The molecule has 1 atom stereocenters. The first kappa shape index (κ1) is 47.3. The number of carbonyl (C=O) groups excluding carboxylic acids is 1. The molecule has 6 heterocycles. The number of carbonyl (C=O) groups is 2. The number of morpholine rings is 2. The van der Waals surface area contributed by atoms with Crippen LogP contribution in [0.2, 0.25) is 0 Å². The first-order valence-corrected chi connectivity index (χ1v) is 23.7. The number of aromatic nitrogens is 6. The lowest BCUT2D eigenvalue weighted by molar-refractivity contribution is -0.0225. The van der Waals surface area contributed by atoms with Gasteiger partial charge in [0.15, 0.2) is 11.5 Å². The quantitative estimate of drug-likeness (QED) is 0.0802. The summed E-state index contributed by atoms with van der Waals surface area (Å²) in [6, 6.07) is 35.8. The third-order valence-electron chi connectivity index (χ3n) is 12.5. The average molecular weight is 963 g/mol. The molecule has 2 saturated heterocycles. The van der Waals surface area contributed by atoms with Crippen LogP contribution in [0.4, 0.5) is 0 Å². The summed E-state index contributed by atoms with van der Waals surface area (Å²) in [6.45, 7) is 7.79. The van der Waals surface area contributed by atoms with Crippen LogP contribution < -0.4 is 0 Å². The van der Waals surface area contributed by atoms with Gasteiger partial charge in [0, 0.05) is 109 Å². The Bertz CT molecular complexity index is 3240. The molecule has 0 spiro atoms. The first-order valence-electron chi connectivity index (χ1n) is 23.7. The Balaban J connectivity index is 0.671. The summed E-state index contributed by atoms with van der Waals surface area (Å²) in [7, 11) is 0. The Morgan fingerprint density at radius 1 is 0.597 bits per heavy atom. The van der Waals surface area contributed by atoms with Gasteiger partial charge in [-0.25, -0.2) is 19.6 Å². The van der Waals surface area contributed by atoms with E-state index in [9.17, 15) is 14.7 Å². The molecular formula is C56H50N8O8. The summed E-state index contributed by atoms with van der Waals surface area (Å²) >= 11 is 0. The van der Waals surface area contributed by atoms with Crippen LogP contribution in [0.5, 0.6) is 0 Å². The van der Waals surface area contributed by atoms with Gasteiger partial charge in [-0.05, 0) is 90.3 Å². The van der Waals surface area contributed by atoms with Gasteiger partial charge in [-0.2, -0.15) is 0 Å². The van der Waals surface area contributed by atoms with E-state index in [-0.39, 0.29) is 37.4 Å². The number of carboxylic acids is 1. The zero-order chi connectivity index (χ0) is 49.1. The van der Waals surface area contributed by atoms with Gasteiger partial charge in [-0.3, -0.25) is 9.80 Å². The predicted molar refractivity (Wildman–Crippen MR) is 264 cm³/mol. The highest BCUT2D eigenvalue weighted by Crippen LogP contribution is 2.24. The summed E-state index contributed by atoms with van der Waals surface area (Å²) in [6.07, 6.45) is 6.94. The van der Waals surface area contributed by atoms with Gasteiger partial charge in [0.1, 0.15) is 11.4 Å². The van der Waals surface area contributed by atoms with Crippen molar-refractivity contribution in [2.24, 2.45) is 0 Å². The normalized spacial score (nSPS) is 15.0. The van der Waals surface area contributed by atoms with Crippen LogP contribution in [0.25, 0.3) is 22.6 Å². The number of benzene rings is 4. The minimum absolute atomic E-state index is 0.0616. The SMILES string of the molecule is O=C(O)c1nccn1Cc1cc(-c2ccc(C#Cc3ccc(CN4CCOCC4CCOC(=O)c4nccn4Cc4cc(-c5ccc(C#Cc6ccc(CN7CCOCC7)cc6)cc5)on4)cc3)cc2)on1. The molecule has 0 amide bonds. The minimum Gasteiger partial charge on any atom is -0.475 e. The van der Waals surface area contributed by atoms with E-state index in [4.69, 9.17) is 23.3 Å². The van der Waals surface area contributed by atoms with E-state index in [0.29, 0.717) is 42.5 Å². The summed E-state index contributed by atoms with van der Waals surface area (Å²) in [4.78, 5) is 37.6. The molecule has 2 fully saturated rings. The third-order valence-corrected chi connectivity index (χ3v) is 12.5. The maximum absolute atomic E-state index is 13.3. The van der Waals surface area contributed by atoms with Crippen molar-refractivity contribution in [3.63, 3.8) is 0 Å². The highest BCUT2D eigenvalue weighted by Gasteiger charge is 2.25. The van der Waals surface area contributed by atoms with Gasteiger partial charge in [0.25, 0.3) is 0 Å². The molecule has 72 heavy (non-hydrogen) atoms. The summed E-state index contributed by atoms with van der Waals surface area (Å²) < 4.78 is 31.5. The monoisotopic (exact) mass is 962 g/mol. The highest BCUT2D eigenvalue weighted by molar-refractivity contribution is 5.85. The topological polar surface area (TPSA) is 176 Å². The van der Waals surface area contributed by atoms with E-state index in [1.54, 1.807) is 29.2 Å². The molecule has 4 aromatic heterocycles. The molecular weight excluding hydrogens is 913 g/mol. The van der Waals surface area contributed by atoms with E-state index in [1.165, 1.54) is 16.3 Å². The van der Waals surface area contributed by atoms with Crippen molar-refractivity contribution in [2.45, 2.75) is 38.6 Å². The summed E-state index contributed by atoms with van der Waals surface area (Å²) in [5.74, 6) is 12.7. The Hall–Kier alpha value is -8.38. The smallest absolute Gasteiger partial charge is 0.374 e. The number of esters is 1. The second kappa shape index (κ2) is 22.6. The van der Waals surface area contributed by atoms with Crippen molar-refractivity contribution in [1.82, 2.24) is 39.2 Å². The molecule has 16 heteroatoms. The third kappa shape index (κ3) is 12.1. The number of carboxylic acid groups (broad SMARTS) is 1. The minimum atomic E-state index is -1.11. The van der Waals surface area contributed by atoms with E-state index in [2.05, 4.69) is 90.2 Å². The zero-order valence-corrected chi connectivity index (χ0v) is 39.4. The average Bonchev–Trinajstić information content (AvgIpc) is 4.27. The lowest BCUT2D eigenvalue weighted by Crippen LogP contribution is -2.45. The molecule has 362 valence electrons. The van der Waals surface area contributed by atoms with Crippen molar-refractivity contribution < 1.29 is 38.0 Å². The van der Waals surface area contributed by atoms with Gasteiger partial charge in [0.2, 0.25) is 11.6 Å². The molecule has 10 rings (SSSR count). The Morgan fingerprint density at radius 2 is 1.08 bits per heavy atom. The fourth-order valence-electron chi connectivity index (χ4n) is 8.53. The number of hydrogen-bond donors (Lipinski definition) is 1. The Labute approximate surface area is 415 Å². The predicted octanol–water partition coefficient (Wildman–Crippen LogP) is 7.26. The van der Waals surface area contributed by atoms with Crippen LogP contribution in [0.3, 0.4) is 0 Å². The van der Waals surface area contributed by atoms with Crippen LogP contribution in [0.15, 0.2) is 143 Å². The van der Waals surface area contributed by atoms with Crippen LogP contribution >= 0.6 is 0 Å². The molecule has 1 N–H and O–H groups in total. The maximum atomic E-state index is 13.3. The Kier molecular flexibility index (Phi) is 14.8. The number of hydrogen-bond acceptors (Lipinski definition) is 13. The van der Waals surface area contributed by atoms with Gasteiger partial charge < -0.3 is 37.5 Å². The van der Waals surface area contributed by atoms with Crippen LogP contribution in [0.1, 0.15) is 72.4 Å². The fraction of sp³-hybridized carbons (Fsp3) is 0.250. The van der Waals surface area contributed by atoms with Gasteiger partial charge in [-0.15, -0.1) is 0 Å². The lowest BCUT2D eigenvalue weighted by Gasteiger charge is -2.35. The van der Waals surface area contributed by atoms with Crippen molar-refractivity contribution in [2.75, 3.05) is 52.7 Å². The molecule has 0 bridgehead atoms. The summed E-state index contributed by atoms with van der Waals surface area (Å²) in [5, 5.41) is 17.7. The second-order valence-electron chi connectivity index (χ2n) is 17.5. The van der Waals surface area contributed by atoms with E-state index in [0.717, 1.165) is 84.9 Å². The standard InChI is InChI=1S/C56H50N8O8/c65-55(66)53-57-22-24-63(53)37-48-33-51(71-59-48)46-17-13-43(14-18-46)4-2-41-7-11-45(12-8-41)36-62-28-32-69-39-50(62)21-29-70-56(67)54-58-23-25-64(54)38-49-34-52(72-60-49)47-19-15-42(16-20-47)3-1-40-5-9-44(10-6-40)35-61-26-30-68-31-27-61/h5-20,22-25,33-34,50H,21,26-32,35-39H2,(H,65,66). The molecule has 0 saturated carbocycles. The van der Waals surface area contributed by atoms with Crippen molar-refractivity contribution >= 4 is 11.9 Å².